The van der Waals surface area contributed by atoms with Crippen LogP contribution in [-0.4, -0.2) is 17.3 Å². The van der Waals surface area contributed by atoms with E-state index in [4.69, 9.17) is 4.74 Å². The number of fused-ring (bicyclic) bond motifs is 1. The maximum atomic E-state index is 12.0. The van der Waals surface area contributed by atoms with Crippen LogP contribution in [0.15, 0.2) is 23.0 Å². The number of benzene rings is 1. The number of aromatic amines is 1. The second-order valence-corrected chi connectivity index (χ2v) is 3.66. The van der Waals surface area contributed by atoms with Gasteiger partial charge in [0, 0.05) is 11.5 Å². The molecule has 16 heavy (non-hydrogen) atoms. The summed E-state index contributed by atoms with van der Waals surface area (Å²) in [5, 5.41) is 7.63. The van der Waals surface area contributed by atoms with Gasteiger partial charge < -0.3 is 4.74 Å². The van der Waals surface area contributed by atoms with Crippen LogP contribution < -0.4 is 10.2 Å². The summed E-state index contributed by atoms with van der Waals surface area (Å²) in [5.41, 5.74) is 1.32. The molecule has 0 aliphatic carbocycles. The van der Waals surface area contributed by atoms with E-state index in [1.807, 2.05) is 6.92 Å². The van der Waals surface area contributed by atoms with E-state index < -0.39 is 0 Å². The Morgan fingerprint density at radius 1 is 1.44 bits per heavy atom. The maximum Gasteiger partial charge on any atom is 0.211 e. The molecule has 0 spiro atoms. The minimum Gasteiger partial charge on any atom is -0.497 e. The second kappa shape index (κ2) is 4.35. The van der Waals surface area contributed by atoms with E-state index in [2.05, 4.69) is 10.2 Å². The fraction of sp³-hybridized carbons (Fsp3) is 0.333. The van der Waals surface area contributed by atoms with Gasteiger partial charge in [-0.25, -0.2) is 0 Å². The molecule has 2 rings (SSSR count). The largest absolute Gasteiger partial charge is 0.497 e. The van der Waals surface area contributed by atoms with Crippen LogP contribution in [0.2, 0.25) is 0 Å². The summed E-state index contributed by atoms with van der Waals surface area (Å²) in [6.45, 7) is 2.03. The quantitative estimate of drug-likeness (QED) is 0.855. The topological polar surface area (TPSA) is 55.0 Å². The van der Waals surface area contributed by atoms with Crippen molar-refractivity contribution in [2.45, 2.75) is 19.8 Å². The summed E-state index contributed by atoms with van der Waals surface area (Å²) < 4.78 is 5.09. The molecular formula is C12H14N2O2. The van der Waals surface area contributed by atoms with Gasteiger partial charge in [0.1, 0.15) is 11.4 Å². The van der Waals surface area contributed by atoms with Crippen LogP contribution in [0.1, 0.15) is 19.0 Å². The van der Waals surface area contributed by atoms with E-state index in [9.17, 15) is 4.79 Å². The number of H-pyrrole nitrogens is 1. The van der Waals surface area contributed by atoms with Gasteiger partial charge in [0.2, 0.25) is 5.43 Å². The lowest BCUT2D eigenvalue weighted by molar-refractivity contribution is 0.415. The summed E-state index contributed by atoms with van der Waals surface area (Å²) in [5.74, 6) is 0.716. The van der Waals surface area contributed by atoms with E-state index in [1.165, 1.54) is 0 Å². The molecule has 0 radical (unpaired) electrons. The molecule has 0 fully saturated rings. The molecule has 0 saturated heterocycles. The SMILES string of the molecule is CCCc1n[nH]c2cc(OC)ccc2c1=O. The van der Waals surface area contributed by atoms with Crippen LogP contribution in [0.25, 0.3) is 10.9 Å². The van der Waals surface area contributed by atoms with E-state index in [0.29, 0.717) is 28.8 Å². The minimum absolute atomic E-state index is 0.0123. The number of methoxy groups -OCH3 is 1. The average Bonchev–Trinajstić information content (AvgIpc) is 2.32. The smallest absolute Gasteiger partial charge is 0.211 e. The molecule has 1 aromatic carbocycles. The summed E-state index contributed by atoms with van der Waals surface area (Å²) in [6.07, 6.45) is 1.62. The highest BCUT2D eigenvalue weighted by molar-refractivity contribution is 5.79. The Hall–Kier alpha value is -1.84. The van der Waals surface area contributed by atoms with E-state index in [1.54, 1.807) is 25.3 Å². The van der Waals surface area contributed by atoms with Gasteiger partial charge in [-0.15, -0.1) is 0 Å². The van der Waals surface area contributed by atoms with Gasteiger partial charge in [0.25, 0.3) is 0 Å². The van der Waals surface area contributed by atoms with Gasteiger partial charge in [-0.2, -0.15) is 5.10 Å². The van der Waals surface area contributed by atoms with Crippen molar-refractivity contribution in [3.05, 3.63) is 34.1 Å². The lowest BCUT2D eigenvalue weighted by atomic mass is 10.1. The summed E-state index contributed by atoms with van der Waals surface area (Å²) in [4.78, 5) is 12.0. The first-order valence-corrected chi connectivity index (χ1v) is 5.31. The molecular weight excluding hydrogens is 204 g/mol. The third kappa shape index (κ3) is 1.78. The molecule has 1 N–H and O–H groups in total. The van der Waals surface area contributed by atoms with Crippen molar-refractivity contribution in [3.63, 3.8) is 0 Å². The normalized spacial score (nSPS) is 10.6. The fourth-order valence-corrected chi connectivity index (χ4v) is 1.68. The van der Waals surface area contributed by atoms with Gasteiger partial charge in [0.05, 0.1) is 12.6 Å². The Morgan fingerprint density at radius 3 is 2.94 bits per heavy atom. The first-order chi connectivity index (χ1) is 7.76. The predicted octanol–water partition coefficient (Wildman–Crippen LogP) is 1.88. The molecule has 2 aromatic rings. The van der Waals surface area contributed by atoms with Gasteiger partial charge in [0.15, 0.2) is 0 Å². The van der Waals surface area contributed by atoms with Crippen LogP contribution in [0.3, 0.4) is 0 Å². The molecule has 0 atom stereocenters. The van der Waals surface area contributed by atoms with Crippen molar-refractivity contribution in [1.29, 1.82) is 0 Å². The maximum absolute atomic E-state index is 12.0. The monoisotopic (exact) mass is 218 g/mol. The lowest BCUT2D eigenvalue weighted by Gasteiger charge is -2.03. The summed E-state index contributed by atoms with van der Waals surface area (Å²) in [6, 6.07) is 5.33. The molecule has 0 aliphatic heterocycles. The van der Waals surface area contributed by atoms with Gasteiger partial charge in [-0.1, -0.05) is 13.3 Å². The molecule has 0 aliphatic rings. The number of hydrogen-bond acceptors (Lipinski definition) is 3. The molecule has 0 amide bonds. The Labute approximate surface area is 93.3 Å². The Balaban J connectivity index is 2.62. The van der Waals surface area contributed by atoms with Crippen molar-refractivity contribution >= 4 is 10.9 Å². The lowest BCUT2D eigenvalue weighted by Crippen LogP contribution is -2.13. The number of ether oxygens (including phenoxy) is 1. The van der Waals surface area contributed by atoms with Crippen LogP contribution in [-0.2, 0) is 6.42 Å². The highest BCUT2D eigenvalue weighted by Crippen LogP contribution is 2.16. The fourth-order valence-electron chi connectivity index (χ4n) is 1.68. The van der Waals surface area contributed by atoms with Crippen molar-refractivity contribution in [3.8, 4) is 5.75 Å². The first-order valence-electron chi connectivity index (χ1n) is 5.31. The molecule has 1 heterocycles. The van der Waals surface area contributed by atoms with Crippen molar-refractivity contribution in [2.24, 2.45) is 0 Å². The minimum atomic E-state index is 0.0123. The van der Waals surface area contributed by atoms with Crippen LogP contribution >= 0.6 is 0 Å². The number of aryl methyl sites for hydroxylation is 1. The van der Waals surface area contributed by atoms with Crippen LogP contribution in [0.5, 0.6) is 5.75 Å². The highest BCUT2D eigenvalue weighted by Gasteiger charge is 2.06. The Bertz CT molecular complexity index is 560. The molecule has 0 saturated carbocycles. The number of nitrogens with zero attached hydrogens (tertiary/aromatic N) is 1. The zero-order valence-corrected chi connectivity index (χ0v) is 9.41. The number of aromatic nitrogens is 2. The highest BCUT2D eigenvalue weighted by atomic mass is 16.5. The molecule has 1 aromatic heterocycles. The number of rotatable bonds is 3. The summed E-state index contributed by atoms with van der Waals surface area (Å²) in [7, 11) is 1.60. The summed E-state index contributed by atoms with van der Waals surface area (Å²) >= 11 is 0. The third-order valence-corrected chi connectivity index (χ3v) is 2.53. The average molecular weight is 218 g/mol. The Kier molecular flexibility index (Phi) is 2.90. The molecule has 0 bridgehead atoms. The third-order valence-electron chi connectivity index (χ3n) is 2.53. The van der Waals surface area contributed by atoms with Crippen LogP contribution in [0, 0.1) is 0 Å². The van der Waals surface area contributed by atoms with Gasteiger partial charge >= 0.3 is 0 Å². The van der Waals surface area contributed by atoms with E-state index >= 15 is 0 Å². The van der Waals surface area contributed by atoms with Gasteiger partial charge in [-0.05, 0) is 18.6 Å². The van der Waals surface area contributed by atoms with Crippen LogP contribution in [0.4, 0.5) is 0 Å². The second-order valence-electron chi connectivity index (χ2n) is 3.66. The zero-order chi connectivity index (χ0) is 11.5. The predicted molar refractivity (Wildman–Crippen MR) is 62.9 cm³/mol. The number of hydrogen-bond donors (Lipinski definition) is 1. The standard InChI is InChI=1S/C12H14N2O2/c1-3-4-10-12(15)9-6-5-8(16-2)7-11(9)14-13-10/h5-7H,3-4H2,1-2H3,(H,14,15). The van der Waals surface area contributed by atoms with Crippen molar-refractivity contribution in [1.82, 2.24) is 10.2 Å². The first kappa shape index (κ1) is 10.7. The van der Waals surface area contributed by atoms with Crippen molar-refractivity contribution < 1.29 is 4.74 Å². The van der Waals surface area contributed by atoms with Crippen molar-refractivity contribution in [2.75, 3.05) is 7.11 Å². The Morgan fingerprint density at radius 2 is 2.25 bits per heavy atom. The molecule has 84 valence electrons. The molecule has 4 heteroatoms. The zero-order valence-electron chi connectivity index (χ0n) is 9.41. The molecule has 4 nitrogen and oxygen atoms in total. The van der Waals surface area contributed by atoms with E-state index in [-0.39, 0.29) is 5.43 Å². The molecule has 0 unspecified atom stereocenters. The number of nitrogens with one attached hydrogen (secondary N) is 1. The van der Waals surface area contributed by atoms with Gasteiger partial charge in [-0.3, -0.25) is 9.89 Å². The van der Waals surface area contributed by atoms with E-state index in [0.717, 1.165) is 6.42 Å².